The topological polar surface area (TPSA) is 9.23 Å². The van der Waals surface area contributed by atoms with E-state index in [9.17, 15) is 0 Å². The fraction of sp³-hybridized carbons (Fsp3) is 0.333. The van der Waals surface area contributed by atoms with Crippen molar-refractivity contribution in [3.8, 4) is 0 Å². The molecule has 0 N–H and O–H groups in total. The summed E-state index contributed by atoms with van der Waals surface area (Å²) in [6.07, 6.45) is 5.09. The highest BCUT2D eigenvalue weighted by Crippen LogP contribution is 2.37. The predicted molar refractivity (Wildman–Crippen MR) is 59.5 cm³/mol. The molecule has 0 saturated heterocycles. The molecule has 1 atom stereocenters. The minimum atomic E-state index is -0.326. The van der Waals surface area contributed by atoms with E-state index < -0.39 is 0 Å². The summed E-state index contributed by atoms with van der Waals surface area (Å²) in [5, 5.41) is 0. The predicted octanol–water partition coefficient (Wildman–Crippen LogP) is 3.18. The Hall–Kier alpha value is -0.790. The molecular weight excluding hydrogens is 196 g/mol. The van der Waals surface area contributed by atoms with Gasteiger partial charge in [0.25, 0.3) is 0 Å². The molecule has 1 unspecified atom stereocenters. The molecule has 2 rings (SSSR count). The zero-order valence-corrected chi connectivity index (χ0v) is 8.92. The zero-order chi connectivity index (χ0) is 10.0. The third-order valence-electron chi connectivity index (χ3n) is 2.80. The summed E-state index contributed by atoms with van der Waals surface area (Å²) in [6, 6.07) is 8.23. The van der Waals surface area contributed by atoms with Gasteiger partial charge in [-0.15, -0.1) is 11.6 Å². The van der Waals surface area contributed by atoms with Crippen LogP contribution in [0.1, 0.15) is 17.5 Å². The third kappa shape index (κ3) is 1.37. The second-order valence-corrected chi connectivity index (χ2v) is 3.79. The van der Waals surface area contributed by atoms with Gasteiger partial charge in [-0.1, -0.05) is 36.4 Å². The lowest BCUT2D eigenvalue weighted by atomic mass is 9.84. The first-order valence-electron chi connectivity index (χ1n) is 4.69. The Kier molecular flexibility index (Phi) is 2.62. The van der Waals surface area contributed by atoms with E-state index in [4.69, 9.17) is 16.3 Å². The van der Waals surface area contributed by atoms with Crippen molar-refractivity contribution in [1.82, 2.24) is 0 Å². The molecule has 0 heterocycles. The minimum Gasteiger partial charge on any atom is -0.372 e. The van der Waals surface area contributed by atoms with E-state index in [0.29, 0.717) is 5.88 Å². The van der Waals surface area contributed by atoms with E-state index in [1.165, 1.54) is 11.1 Å². The lowest BCUT2D eigenvalue weighted by molar-refractivity contribution is 0.00679. The quantitative estimate of drug-likeness (QED) is 0.679. The van der Waals surface area contributed by atoms with Gasteiger partial charge in [0.05, 0.1) is 5.88 Å². The Morgan fingerprint density at radius 2 is 2.21 bits per heavy atom. The van der Waals surface area contributed by atoms with Crippen LogP contribution in [-0.4, -0.2) is 13.0 Å². The molecule has 1 aromatic carbocycles. The van der Waals surface area contributed by atoms with Crippen LogP contribution in [0, 0.1) is 0 Å². The standard InChI is InChI=1S/C12H13ClO/c1-14-12(9-13)8-4-6-10-5-2-3-7-11(10)12/h2-7H,8-9H2,1H3. The molecule has 1 aromatic rings. The summed E-state index contributed by atoms with van der Waals surface area (Å²) in [5.41, 5.74) is 2.08. The van der Waals surface area contributed by atoms with Crippen LogP contribution in [0.5, 0.6) is 0 Å². The van der Waals surface area contributed by atoms with Gasteiger partial charge in [-0.2, -0.15) is 0 Å². The summed E-state index contributed by atoms with van der Waals surface area (Å²) >= 11 is 6.01. The molecule has 0 amide bonds. The minimum absolute atomic E-state index is 0.326. The second-order valence-electron chi connectivity index (χ2n) is 3.53. The molecule has 1 nitrogen and oxygen atoms in total. The molecule has 0 bridgehead atoms. The zero-order valence-electron chi connectivity index (χ0n) is 8.16. The maximum absolute atomic E-state index is 6.01. The van der Waals surface area contributed by atoms with Crippen LogP contribution < -0.4 is 0 Å². The van der Waals surface area contributed by atoms with Gasteiger partial charge in [-0.3, -0.25) is 0 Å². The van der Waals surface area contributed by atoms with Crippen LogP contribution in [0.15, 0.2) is 30.3 Å². The molecule has 0 saturated carbocycles. The first kappa shape index (κ1) is 9.75. The molecule has 0 aliphatic heterocycles. The second kappa shape index (κ2) is 3.76. The van der Waals surface area contributed by atoms with Gasteiger partial charge in [-0.05, 0) is 11.1 Å². The van der Waals surface area contributed by atoms with Crippen molar-refractivity contribution in [2.24, 2.45) is 0 Å². The number of halogens is 1. The molecule has 1 aliphatic rings. The molecule has 0 radical (unpaired) electrons. The molecule has 0 aromatic heterocycles. The Balaban J connectivity index is 2.54. The first-order chi connectivity index (χ1) is 6.82. The van der Waals surface area contributed by atoms with E-state index in [0.717, 1.165) is 6.42 Å². The van der Waals surface area contributed by atoms with E-state index in [1.54, 1.807) is 7.11 Å². The monoisotopic (exact) mass is 208 g/mol. The van der Waals surface area contributed by atoms with Gasteiger partial charge >= 0.3 is 0 Å². The van der Waals surface area contributed by atoms with E-state index in [1.807, 2.05) is 12.1 Å². The van der Waals surface area contributed by atoms with Crippen molar-refractivity contribution >= 4 is 17.7 Å². The van der Waals surface area contributed by atoms with Crippen LogP contribution in [0.3, 0.4) is 0 Å². The van der Waals surface area contributed by atoms with Gasteiger partial charge in [0.15, 0.2) is 0 Å². The molecule has 1 aliphatic carbocycles. The SMILES string of the molecule is COC1(CCl)CC=Cc2ccccc21. The molecular formula is C12H13ClO. The van der Waals surface area contributed by atoms with Gasteiger partial charge in [0, 0.05) is 13.5 Å². The Morgan fingerprint density at radius 3 is 2.93 bits per heavy atom. The fourth-order valence-electron chi connectivity index (χ4n) is 1.92. The number of benzene rings is 1. The van der Waals surface area contributed by atoms with Gasteiger partial charge in [-0.25, -0.2) is 0 Å². The van der Waals surface area contributed by atoms with Gasteiger partial charge in [0.2, 0.25) is 0 Å². The van der Waals surface area contributed by atoms with Crippen molar-refractivity contribution in [2.45, 2.75) is 12.0 Å². The van der Waals surface area contributed by atoms with E-state index in [2.05, 4.69) is 24.3 Å². The maximum atomic E-state index is 6.01. The summed E-state index contributed by atoms with van der Waals surface area (Å²) in [5.74, 6) is 0.491. The van der Waals surface area contributed by atoms with Gasteiger partial charge in [0.1, 0.15) is 5.60 Å². The smallest absolute Gasteiger partial charge is 0.110 e. The molecule has 14 heavy (non-hydrogen) atoms. The van der Waals surface area contributed by atoms with Crippen LogP contribution >= 0.6 is 11.6 Å². The molecule has 0 fully saturated rings. The Morgan fingerprint density at radius 1 is 1.43 bits per heavy atom. The lowest BCUT2D eigenvalue weighted by Gasteiger charge is -2.33. The number of fused-ring (bicyclic) bond motifs is 1. The lowest BCUT2D eigenvalue weighted by Crippen LogP contribution is -2.32. The van der Waals surface area contributed by atoms with Crippen molar-refractivity contribution in [1.29, 1.82) is 0 Å². The molecule has 0 spiro atoms. The number of methoxy groups -OCH3 is 1. The summed E-state index contributed by atoms with van der Waals surface area (Å²) < 4.78 is 5.57. The summed E-state index contributed by atoms with van der Waals surface area (Å²) in [4.78, 5) is 0. The van der Waals surface area contributed by atoms with Crippen LogP contribution in [0.2, 0.25) is 0 Å². The average Bonchev–Trinajstić information content (AvgIpc) is 2.28. The number of rotatable bonds is 2. The normalized spacial score (nSPS) is 24.7. The van der Waals surface area contributed by atoms with E-state index in [-0.39, 0.29) is 5.60 Å². The molecule has 74 valence electrons. The highest BCUT2D eigenvalue weighted by molar-refractivity contribution is 6.18. The summed E-state index contributed by atoms with van der Waals surface area (Å²) in [6.45, 7) is 0. The van der Waals surface area contributed by atoms with Crippen LogP contribution in [0.25, 0.3) is 6.08 Å². The maximum Gasteiger partial charge on any atom is 0.110 e. The van der Waals surface area contributed by atoms with Crippen molar-refractivity contribution in [3.63, 3.8) is 0 Å². The average molecular weight is 209 g/mol. The highest BCUT2D eigenvalue weighted by Gasteiger charge is 2.33. The molecule has 2 heteroatoms. The third-order valence-corrected chi connectivity index (χ3v) is 3.23. The van der Waals surface area contributed by atoms with Gasteiger partial charge < -0.3 is 4.74 Å². The summed E-state index contributed by atoms with van der Waals surface area (Å²) in [7, 11) is 1.72. The van der Waals surface area contributed by atoms with Crippen molar-refractivity contribution in [3.05, 3.63) is 41.5 Å². The number of ether oxygens (including phenoxy) is 1. The number of alkyl halides is 1. The first-order valence-corrected chi connectivity index (χ1v) is 5.23. The highest BCUT2D eigenvalue weighted by atomic mass is 35.5. The largest absolute Gasteiger partial charge is 0.372 e. The van der Waals surface area contributed by atoms with Crippen LogP contribution in [-0.2, 0) is 10.3 Å². The fourth-order valence-corrected chi connectivity index (χ4v) is 2.28. The number of hydrogen-bond donors (Lipinski definition) is 0. The van der Waals surface area contributed by atoms with Crippen molar-refractivity contribution in [2.75, 3.05) is 13.0 Å². The van der Waals surface area contributed by atoms with Crippen molar-refractivity contribution < 1.29 is 4.74 Å². The Bertz CT molecular complexity index is 353. The van der Waals surface area contributed by atoms with Crippen LogP contribution in [0.4, 0.5) is 0 Å². The Labute approximate surface area is 89.3 Å². The van der Waals surface area contributed by atoms with E-state index >= 15 is 0 Å². The number of hydrogen-bond acceptors (Lipinski definition) is 1.